The highest BCUT2D eigenvalue weighted by Gasteiger charge is 2.47. The average Bonchev–Trinajstić information content (AvgIpc) is 2.73. The second-order valence-corrected chi connectivity index (χ2v) is 7.84. The summed E-state index contributed by atoms with van der Waals surface area (Å²) in [5.41, 5.74) is 12.5. The molecule has 16 heteroatoms. The lowest BCUT2D eigenvalue weighted by Gasteiger charge is -2.44. The van der Waals surface area contributed by atoms with Crippen molar-refractivity contribution in [1.82, 2.24) is 5.32 Å². The Labute approximate surface area is 183 Å². The Bertz CT molecular complexity index is 995. The Morgan fingerprint density at radius 1 is 1.09 bits per heavy atom. The molecular formula is C17H19F4N7O5. The van der Waals surface area contributed by atoms with E-state index >= 15 is 0 Å². The largest absolute Gasteiger partial charge is 0.388 e. The van der Waals surface area contributed by atoms with Gasteiger partial charge in [0, 0.05) is 9.82 Å². The van der Waals surface area contributed by atoms with E-state index in [1.165, 1.54) is 0 Å². The molecule has 3 unspecified atom stereocenters. The molecule has 3 N–H and O–H groups in total. The van der Waals surface area contributed by atoms with Crippen molar-refractivity contribution in [1.29, 1.82) is 0 Å². The number of azide groups is 2. The van der Waals surface area contributed by atoms with E-state index in [4.69, 9.17) is 20.5 Å². The summed E-state index contributed by atoms with van der Waals surface area (Å²) in [5, 5.41) is 28.4. The number of nitrogens with zero attached hydrogens (tertiary/aromatic N) is 6. The Kier molecular flexibility index (Phi) is 8.08. The zero-order valence-electron chi connectivity index (χ0n) is 17.4. The Morgan fingerprint density at radius 2 is 1.67 bits per heavy atom. The highest BCUT2D eigenvalue weighted by Crippen LogP contribution is 2.31. The molecule has 2 rings (SSSR count). The van der Waals surface area contributed by atoms with Crippen LogP contribution in [0.2, 0.25) is 0 Å². The van der Waals surface area contributed by atoms with Crippen molar-refractivity contribution < 1.29 is 42.0 Å². The lowest BCUT2D eigenvalue weighted by molar-refractivity contribution is -0.285. The lowest BCUT2D eigenvalue weighted by Crippen LogP contribution is -2.65. The number of carbonyl (C=O) groups excluding carboxylic acids is 1. The average molecular weight is 477 g/mol. The second-order valence-electron chi connectivity index (χ2n) is 7.84. The van der Waals surface area contributed by atoms with Crippen molar-refractivity contribution in [3.63, 3.8) is 0 Å². The lowest BCUT2D eigenvalue weighted by atomic mass is 9.95. The van der Waals surface area contributed by atoms with Crippen molar-refractivity contribution in [2.24, 2.45) is 10.2 Å². The predicted octanol–water partition coefficient (Wildman–Crippen LogP) is 2.86. The van der Waals surface area contributed by atoms with Crippen LogP contribution in [0.5, 0.6) is 0 Å². The molecule has 0 aliphatic carbocycles. The second kappa shape index (κ2) is 10.2. The summed E-state index contributed by atoms with van der Waals surface area (Å²) in [5.74, 6) is -10.3. The first-order valence-electron chi connectivity index (χ1n) is 9.26. The van der Waals surface area contributed by atoms with E-state index < -0.39 is 83.2 Å². The number of hydrogen-bond donors (Lipinski definition) is 3. The summed E-state index contributed by atoms with van der Waals surface area (Å²) in [6.07, 6.45) is -6.45. The SMILES string of the molecule is CC(C)(C)OC1OC(CN=[N+]=[N-])[C@H](O)[C@H](O)C1NC(=O)c1c(F)c(F)c(N=[N+]=[N-])c(F)c1F. The number of aliphatic hydroxyl groups is 2. The van der Waals surface area contributed by atoms with Crippen LogP contribution in [0.1, 0.15) is 31.1 Å². The Hall–Kier alpha value is -3.13. The van der Waals surface area contributed by atoms with E-state index in [2.05, 4.69) is 20.1 Å². The molecule has 1 aromatic rings. The van der Waals surface area contributed by atoms with Crippen molar-refractivity contribution in [2.45, 2.75) is 57.0 Å². The topological polar surface area (TPSA) is 186 Å². The van der Waals surface area contributed by atoms with E-state index in [0.717, 1.165) is 0 Å². The quantitative estimate of drug-likeness (QED) is 0.187. The molecule has 0 aromatic heterocycles. The zero-order chi connectivity index (χ0) is 25.1. The van der Waals surface area contributed by atoms with Crippen molar-refractivity contribution in [3.05, 3.63) is 49.7 Å². The van der Waals surface area contributed by atoms with Crippen molar-refractivity contribution >= 4 is 11.6 Å². The monoisotopic (exact) mass is 477 g/mol. The minimum Gasteiger partial charge on any atom is -0.388 e. The van der Waals surface area contributed by atoms with E-state index in [1.807, 2.05) is 5.32 Å². The fraction of sp³-hybridized carbons (Fsp3) is 0.588. The molecule has 5 atom stereocenters. The molecule has 0 radical (unpaired) electrons. The number of ether oxygens (including phenoxy) is 2. The summed E-state index contributed by atoms with van der Waals surface area (Å²) < 4.78 is 67.8. The number of rotatable bonds is 6. The third-order valence-electron chi connectivity index (χ3n) is 4.41. The van der Waals surface area contributed by atoms with Gasteiger partial charge in [-0.1, -0.05) is 10.2 Å². The Balaban J connectivity index is 2.45. The summed E-state index contributed by atoms with van der Waals surface area (Å²) in [6.45, 7) is 4.26. The van der Waals surface area contributed by atoms with Crippen LogP contribution in [0.15, 0.2) is 10.2 Å². The molecule has 1 aromatic carbocycles. The third kappa shape index (κ3) is 5.63. The molecule has 0 bridgehead atoms. The van der Waals surface area contributed by atoms with Gasteiger partial charge in [-0.15, -0.1) is 0 Å². The van der Waals surface area contributed by atoms with E-state index in [9.17, 15) is 32.6 Å². The molecule has 180 valence electrons. The maximum absolute atomic E-state index is 14.3. The molecule has 1 fully saturated rings. The molecule has 0 spiro atoms. The number of halogens is 4. The van der Waals surface area contributed by atoms with Crippen LogP contribution in [-0.2, 0) is 9.47 Å². The van der Waals surface area contributed by atoms with Gasteiger partial charge in [-0.05, 0) is 31.8 Å². The van der Waals surface area contributed by atoms with Gasteiger partial charge in [0.2, 0.25) is 0 Å². The number of nitrogens with one attached hydrogen (secondary N) is 1. The highest BCUT2D eigenvalue weighted by atomic mass is 19.2. The van der Waals surface area contributed by atoms with Gasteiger partial charge in [-0.25, -0.2) is 17.6 Å². The van der Waals surface area contributed by atoms with Gasteiger partial charge in [0.1, 0.15) is 29.5 Å². The van der Waals surface area contributed by atoms with Crippen LogP contribution < -0.4 is 5.32 Å². The molecule has 12 nitrogen and oxygen atoms in total. The van der Waals surface area contributed by atoms with Gasteiger partial charge in [0.25, 0.3) is 5.91 Å². The fourth-order valence-corrected chi connectivity index (χ4v) is 2.98. The smallest absolute Gasteiger partial charge is 0.257 e. The first-order valence-corrected chi connectivity index (χ1v) is 9.26. The van der Waals surface area contributed by atoms with Crippen LogP contribution in [0.3, 0.4) is 0 Å². The van der Waals surface area contributed by atoms with E-state index in [0.29, 0.717) is 0 Å². The van der Waals surface area contributed by atoms with Crippen molar-refractivity contribution in [3.8, 4) is 0 Å². The minimum absolute atomic E-state index is 0.431. The van der Waals surface area contributed by atoms with Gasteiger partial charge in [-0.3, -0.25) is 4.79 Å². The molecule has 1 saturated heterocycles. The van der Waals surface area contributed by atoms with Gasteiger partial charge < -0.3 is 25.0 Å². The fourth-order valence-electron chi connectivity index (χ4n) is 2.98. The van der Waals surface area contributed by atoms with Gasteiger partial charge >= 0.3 is 0 Å². The maximum atomic E-state index is 14.3. The summed E-state index contributed by atoms with van der Waals surface area (Å²) in [7, 11) is 0. The molecular weight excluding hydrogens is 458 g/mol. The summed E-state index contributed by atoms with van der Waals surface area (Å²) in [6, 6.07) is -1.68. The highest BCUT2D eigenvalue weighted by molar-refractivity contribution is 5.95. The molecule has 1 aliphatic rings. The van der Waals surface area contributed by atoms with Crippen molar-refractivity contribution in [2.75, 3.05) is 6.54 Å². The molecule has 33 heavy (non-hydrogen) atoms. The van der Waals surface area contributed by atoms with E-state index in [1.54, 1.807) is 20.8 Å². The molecule has 1 aliphatic heterocycles. The number of hydrogen-bond acceptors (Lipinski definition) is 7. The summed E-state index contributed by atoms with van der Waals surface area (Å²) in [4.78, 5) is 17.1. The van der Waals surface area contributed by atoms with Gasteiger partial charge in [0.15, 0.2) is 29.6 Å². The third-order valence-corrected chi connectivity index (χ3v) is 4.41. The minimum atomic E-state index is -2.16. The summed E-state index contributed by atoms with van der Waals surface area (Å²) >= 11 is 0. The number of aliphatic hydroxyl groups excluding tert-OH is 2. The van der Waals surface area contributed by atoms with Crippen LogP contribution >= 0.6 is 0 Å². The first kappa shape index (κ1) is 26.1. The number of amides is 1. The van der Waals surface area contributed by atoms with Crippen LogP contribution in [-0.4, -0.2) is 58.9 Å². The van der Waals surface area contributed by atoms with Gasteiger partial charge in [-0.2, -0.15) is 0 Å². The molecule has 1 heterocycles. The maximum Gasteiger partial charge on any atom is 0.257 e. The number of benzene rings is 1. The van der Waals surface area contributed by atoms with Crippen LogP contribution in [0.4, 0.5) is 23.2 Å². The molecule has 1 amide bonds. The standard InChI is InChI=1S/C17H19F4N7O5/c1-17(2,3)33-16-12(14(30)13(29)5(32-16)4-24-27-22)25-15(31)6-7(18)9(20)11(26-28-23)10(21)8(6)19/h5,12-14,16,29-30H,4H2,1-3H3,(H,25,31)/t5?,12?,13-,14+,16?/m0/s1. The van der Waals surface area contributed by atoms with Crippen LogP contribution in [0, 0.1) is 23.3 Å². The van der Waals surface area contributed by atoms with E-state index in [-0.39, 0.29) is 0 Å². The molecule has 0 saturated carbocycles. The predicted molar refractivity (Wildman–Crippen MR) is 102 cm³/mol. The first-order chi connectivity index (χ1) is 15.3. The van der Waals surface area contributed by atoms with Gasteiger partial charge in [0.05, 0.1) is 18.2 Å². The van der Waals surface area contributed by atoms with Crippen LogP contribution in [0.25, 0.3) is 20.9 Å². The number of carbonyl (C=O) groups is 1. The Morgan fingerprint density at radius 3 is 2.15 bits per heavy atom. The normalized spacial score (nSPS) is 25.1. The zero-order valence-corrected chi connectivity index (χ0v) is 17.4.